The number of alkyl carbamates (subject to hydrolysis) is 1. The van der Waals surface area contributed by atoms with Crippen molar-refractivity contribution in [3.05, 3.63) is 29.8 Å². The normalized spacial score (nSPS) is 13.4. The molecule has 0 bridgehead atoms. The highest BCUT2D eigenvalue weighted by molar-refractivity contribution is 7.98. The monoisotopic (exact) mass is 523 g/mol. The van der Waals surface area contributed by atoms with E-state index in [0.717, 1.165) is 12.8 Å². The van der Waals surface area contributed by atoms with Gasteiger partial charge in [-0.25, -0.2) is 4.79 Å². The van der Waals surface area contributed by atoms with Crippen LogP contribution in [0.5, 0.6) is 5.75 Å². The van der Waals surface area contributed by atoms with Crippen LogP contribution in [0.1, 0.15) is 85.8 Å². The van der Waals surface area contributed by atoms with Gasteiger partial charge in [0, 0.05) is 12.1 Å². The zero-order valence-electron chi connectivity index (χ0n) is 23.1. The van der Waals surface area contributed by atoms with Crippen LogP contribution >= 0.6 is 11.8 Å². The molecule has 9 heteroatoms. The lowest BCUT2D eigenvalue weighted by molar-refractivity contribution is -0.149. The number of nitrogens with one attached hydrogen (secondary N) is 2. The molecule has 0 spiro atoms. The van der Waals surface area contributed by atoms with Gasteiger partial charge in [0.25, 0.3) is 0 Å². The summed E-state index contributed by atoms with van der Waals surface area (Å²) in [5, 5.41) is 15.6. The lowest BCUT2D eigenvalue weighted by Gasteiger charge is -2.44. The Labute approximate surface area is 220 Å². The number of nitrogens with zero attached hydrogens (tertiary/aromatic N) is 1. The van der Waals surface area contributed by atoms with Gasteiger partial charge in [0.2, 0.25) is 11.8 Å². The van der Waals surface area contributed by atoms with Crippen molar-refractivity contribution in [3.8, 4) is 5.75 Å². The molecule has 3 N–H and O–H groups in total. The first-order valence-electron chi connectivity index (χ1n) is 12.7. The molecule has 0 aromatic heterocycles. The van der Waals surface area contributed by atoms with Gasteiger partial charge < -0.3 is 25.4 Å². The Morgan fingerprint density at radius 2 is 1.69 bits per heavy atom. The Hall–Kier alpha value is -2.42. The third kappa shape index (κ3) is 9.91. The molecule has 0 fully saturated rings. The molecule has 0 heterocycles. The van der Waals surface area contributed by atoms with Gasteiger partial charge in [-0.3, -0.25) is 9.59 Å². The minimum atomic E-state index is -0.942. The molecule has 2 atom stereocenters. The number of rotatable bonds is 13. The fraction of sp³-hybridized carbons (Fsp3) is 0.667. The fourth-order valence-electron chi connectivity index (χ4n) is 3.62. The van der Waals surface area contributed by atoms with Gasteiger partial charge in [0.15, 0.2) is 0 Å². The molecule has 36 heavy (non-hydrogen) atoms. The molecule has 3 amide bonds. The Bertz CT molecular complexity index is 852. The second kappa shape index (κ2) is 14.4. The van der Waals surface area contributed by atoms with E-state index >= 15 is 0 Å². The van der Waals surface area contributed by atoms with Gasteiger partial charge in [-0.15, -0.1) is 0 Å². The third-order valence-electron chi connectivity index (χ3n) is 5.90. The van der Waals surface area contributed by atoms with Crippen LogP contribution in [0.25, 0.3) is 0 Å². The van der Waals surface area contributed by atoms with E-state index in [9.17, 15) is 19.5 Å². The number of carbonyl (C=O) groups is 3. The van der Waals surface area contributed by atoms with Crippen LogP contribution in [0.4, 0.5) is 4.79 Å². The summed E-state index contributed by atoms with van der Waals surface area (Å²) < 4.78 is 5.43. The minimum Gasteiger partial charge on any atom is -0.508 e. The number of amides is 3. The molecule has 1 aromatic rings. The fourth-order valence-corrected chi connectivity index (χ4v) is 4.09. The summed E-state index contributed by atoms with van der Waals surface area (Å²) in [6, 6.07) is 4.51. The summed E-state index contributed by atoms with van der Waals surface area (Å²) in [4.78, 5) is 42.0. The van der Waals surface area contributed by atoms with Crippen molar-refractivity contribution in [2.24, 2.45) is 0 Å². The Kier molecular flexibility index (Phi) is 12.6. The highest BCUT2D eigenvalue weighted by atomic mass is 32.2. The minimum absolute atomic E-state index is 0.0703. The number of hydrogen-bond donors (Lipinski definition) is 3. The molecule has 1 rings (SSSR count). The molecule has 0 aliphatic carbocycles. The lowest BCUT2D eigenvalue weighted by Crippen LogP contribution is -2.59. The van der Waals surface area contributed by atoms with Gasteiger partial charge >= 0.3 is 6.09 Å². The maximum Gasteiger partial charge on any atom is 0.408 e. The number of ether oxygens (including phenoxy) is 1. The molecule has 2 unspecified atom stereocenters. The van der Waals surface area contributed by atoms with Crippen LogP contribution in [-0.2, 0) is 14.3 Å². The number of aromatic hydroxyl groups is 1. The van der Waals surface area contributed by atoms with E-state index < -0.39 is 29.3 Å². The van der Waals surface area contributed by atoms with Gasteiger partial charge in [-0.2, -0.15) is 11.8 Å². The number of unbranched alkanes of at least 4 members (excludes halogenated alkanes) is 1. The van der Waals surface area contributed by atoms with Gasteiger partial charge in [-0.1, -0.05) is 32.4 Å². The van der Waals surface area contributed by atoms with Crippen LogP contribution in [0.3, 0.4) is 0 Å². The molecule has 0 saturated heterocycles. The first-order chi connectivity index (χ1) is 16.8. The topological polar surface area (TPSA) is 108 Å². The van der Waals surface area contributed by atoms with Gasteiger partial charge in [0.1, 0.15) is 23.4 Å². The molecule has 1 aromatic carbocycles. The first-order valence-corrected chi connectivity index (χ1v) is 14.0. The van der Waals surface area contributed by atoms with E-state index in [-0.39, 0.29) is 17.6 Å². The number of thioether (sulfide) groups is 1. The predicted octanol–water partition coefficient (Wildman–Crippen LogP) is 5.01. The maximum atomic E-state index is 14.2. The first kappa shape index (κ1) is 31.6. The highest BCUT2D eigenvalue weighted by Gasteiger charge is 2.43. The van der Waals surface area contributed by atoms with E-state index in [1.165, 1.54) is 12.1 Å². The van der Waals surface area contributed by atoms with Gasteiger partial charge in [0.05, 0.1) is 0 Å². The van der Waals surface area contributed by atoms with Crippen molar-refractivity contribution < 1.29 is 24.2 Å². The number of carbonyl (C=O) groups excluding carboxylic acids is 3. The SMILES string of the molecule is CCCCNC(=O)C(c1ccc(O)cc1)N(C(=O)C(CCSC)NC(=O)OC(C)(C)C)C(C)(C)CC. The second-order valence-electron chi connectivity index (χ2n) is 10.5. The molecule has 0 radical (unpaired) electrons. The second-order valence-corrected chi connectivity index (χ2v) is 11.5. The Morgan fingerprint density at radius 1 is 1.08 bits per heavy atom. The van der Waals surface area contributed by atoms with Crippen molar-refractivity contribution in [3.63, 3.8) is 0 Å². The summed E-state index contributed by atoms with van der Waals surface area (Å²) >= 11 is 1.57. The molecule has 0 aliphatic heterocycles. The van der Waals surface area contributed by atoms with E-state index in [4.69, 9.17) is 4.74 Å². The summed E-state index contributed by atoms with van der Waals surface area (Å²) in [6.45, 7) is 13.6. The molecular formula is C27H45N3O5S. The number of benzene rings is 1. The number of phenolic OH excluding ortho intramolecular Hbond substituents is 1. The van der Waals surface area contributed by atoms with Crippen molar-refractivity contribution in [2.75, 3.05) is 18.6 Å². The van der Waals surface area contributed by atoms with Crippen molar-refractivity contribution in [2.45, 2.75) is 97.4 Å². The smallest absolute Gasteiger partial charge is 0.408 e. The van der Waals surface area contributed by atoms with Crippen molar-refractivity contribution in [1.82, 2.24) is 15.5 Å². The van der Waals surface area contributed by atoms with E-state index in [2.05, 4.69) is 10.6 Å². The average Bonchev–Trinajstić information content (AvgIpc) is 2.79. The van der Waals surface area contributed by atoms with Crippen LogP contribution in [0.15, 0.2) is 24.3 Å². The van der Waals surface area contributed by atoms with Crippen LogP contribution in [0, 0.1) is 0 Å². The highest BCUT2D eigenvalue weighted by Crippen LogP contribution is 2.33. The standard InChI is InChI=1S/C27H45N3O5S/c1-9-11-17-28-23(32)22(19-12-14-20(31)15-13-19)30(27(6,7)10-2)24(33)21(16-18-36-8)29-25(34)35-26(3,4)5/h12-15,21-22,31H,9-11,16-18H2,1-8H3,(H,28,32)(H,29,34). The van der Waals surface area contributed by atoms with Crippen molar-refractivity contribution in [1.29, 1.82) is 0 Å². The van der Waals surface area contributed by atoms with Crippen LogP contribution < -0.4 is 10.6 Å². The van der Waals surface area contributed by atoms with Crippen molar-refractivity contribution >= 4 is 29.7 Å². The van der Waals surface area contributed by atoms with E-state index in [0.29, 0.717) is 30.7 Å². The molecule has 0 aliphatic rings. The summed E-state index contributed by atoms with van der Waals surface area (Å²) in [5.41, 5.74) is -0.847. The van der Waals surface area contributed by atoms with E-state index in [1.807, 2.05) is 34.0 Å². The quantitative estimate of drug-likeness (QED) is 0.314. The van der Waals surface area contributed by atoms with E-state index in [1.54, 1.807) is 49.6 Å². The lowest BCUT2D eigenvalue weighted by atomic mass is 9.91. The third-order valence-corrected chi connectivity index (χ3v) is 6.54. The maximum absolute atomic E-state index is 14.2. The summed E-state index contributed by atoms with van der Waals surface area (Å²) in [5.74, 6) is 0.0513. The number of hydrogen-bond acceptors (Lipinski definition) is 6. The number of phenols is 1. The Morgan fingerprint density at radius 3 is 2.19 bits per heavy atom. The molecule has 0 saturated carbocycles. The van der Waals surface area contributed by atoms with Crippen LogP contribution in [0.2, 0.25) is 0 Å². The largest absolute Gasteiger partial charge is 0.508 e. The summed E-state index contributed by atoms with van der Waals surface area (Å²) in [6.07, 6.45) is 3.96. The molecule has 204 valence electrons. The van der Waals surface area contributed by atoms with Crippen LogP contribution in [-0.4, -0.2) is 63.6 Å². The summed E-state index contributed by atoms with van der Waals surface area (Å²) in [7, 11) is 0. The average molecular weight is 524 g/mol. The van der Waals surface area contributed by atoms with Gasteiger partial charge in [-0.05, 0) is 83.6 Å². The predicted molar refractivity (Wildman–Crippen MR) is 146 cm³/mol. The zero-order valence-corrected chi connectivity index (χ0v) is 24.0. The molecular weight excluding hydrogens is 478 g/mol. The zero-order chi connectivity index (χ0) is 27.5. The molecule has 8 nitrogen and oxygen atoms in total. The Balaban J connectivity index is 3.54.